The molecular weight excluding hydrogens is 380 g/mol. The Morgan fingerprint density at radius 3 is 2.28 bits per heavy atom. The minimum atomic E-state index is -0.221. The molecular formula is C24H22N2O2S. The second-order valence-corrected chi connectivity index (χ2v) is 8.21. The van der Waals surface area contributed by atoms with Crippen LogP contribution in [0.25, 0.3) is 21.3 Å². The minimum Gasteiger partial charge on any atom is -0.484 e. The van der Waals surface area contributed by atoms with Crippen LogP contribution in [-0.2, 0) is 4.79 Å². The fourth-order valence-electron chi connectivity index (χ4n) is 3.22. The number of carbonyl (C=O) groups is 1. The first-order valence-electron chi connectivity index (χ1n) is 9.45. The minimum absolute atomic E-state index is 0.0577. The van der Waals surface area contributed by atoms with Crippen LogP contribution >= 0.6 is 11.3 Å². The van der Waals surface area contributed by atoms with Gasteiger partial charge >= 0.3 is 0 Å². The number of amides is 1. The van der Waals surface area contributed by atoms with E-state index in [1.54, 1.807) is 0 Å². The molecule has 0 bridgehead atoms. The fraction of sp³-hybridized carbons (Fsp3) is 0.167. The number of fused-ring (bicyclic) bond motifs is 1. The number of nitrogens with one attached hydrogen (secondary N) is 1. The van der Waals surface area contributed by atoms with Gasteiger partial charge in [0.1, 0.15) is 5.75 Å². The molecule has 0 radical (unpaired) electrons. The number of aromatic nitrogens is 1. The summed E-state index contributed by atoms with van der Waals surface area (Å²) in [4.78, 5) is 16.8. The Morgan fingerprint density at radius 1 is 0.931 bits per heavy atom. The molecule has 0 atom stereocenters. The number of hydrogen-bond acceptors (Lipinski definition) is 4. The van der Waals surface area contributed by atoms with Crippen LogP contribution in [-0.4, -0.2) is 17.5 Å². The largest absolute Gasteiger partial charge is 0.484 e. The Balaban J connectivity index is 1.37. The van der Waals surface area contributed by atoms with E-state index in [2.05, 4.69) is 60.5 Å². The molecule has 1 aromatic heterocycles. The number of ether oxygens (including phenoxy) is 1. The molecule has 0 spiro atoms. The maximum absolute atomic E-state index is 12.3. The third-order valence-electron chi connectivity index (χ3n) is 4.69. The summed E-state index contributed by atoms with van der Waals surface area (Å²) in [6.07, 6.45) is 0. The summed E-state index contributed by atoms with van der Waals surface area (Å²) in [5.74, 6) is 0.438. The molecule has 0 fully saturated rings. The van der Waals surface area contributed by atoms with Crippen LogP contribution in [0.4, 0.5) is 5.13 Å². The van der Waals surface area contributed by atoms with Crippen LogP contribution in [0.3, 0.4) is 0 Å². The Bertz CT molecular complexity index is 1160. The Hall–Kier alpha value is -3.18. The van der Waals surface area contributed by atoms with Gasteiger partial charge < -0.3 is 4.74 Å². The van der Waals surface area contributed by atoms with Gasteiger partial charge in [0.25, 0.3) is 5.91 Å². The van der Waals surface area contributed by atoms with Gasteiger partial charge in [0.15, 0.2) is 11.7 Å². The smallest absolute Gasteiger partial charge is 0.264 e. The topological polar surface area (TPSA) is 51.2 Å². The molecule has 1 heterocycles. The third-order valence-corrected chi connectivity index (χ3v) is 5.60. The molecule has 4 aromatic rings. The van der Waals surface area contributed by atoms with Gasteiger partial charge in [0.05, 0.1) is 10.2 Å². The van der Waals surface area contributed by atoms with E-state index < -0.39 is 0 Å². The maximum Gasteiger partial charge on any atom is 0.264 e. The second-order valence-electron chi connectivity index (χ2n) is 7.17. The lowest BCUT2D eigenvalue weighted by Gasteiger charge is -2.07. The van der Waals surface area contributed by atoms with Crippen LogP contribution in [0.15, 0.2) is 60.7 Å². The summed E-state index contributed by atoms with van der Waals surface area (Å²) >= 11 is 1.48. The first-order valence-corrected chi connectivity index (χ1v) is 10.3. The Labute approximate surface area is 174 Å². The third kappa shape index (κ3) is 4.46. The van der Waals surface area contributed by atoms with E-state index in [0.717, 1.165) is 26.9 Å². The normalized spacial score (nSPS) is 10.9. The number of anilines is 1. The van der Waals surface area contributed by atoms with Gasteiger partial charge in [-0.25, -0.2) is 4.98 Å². The number of carbonyl (C=O) groups excluding carboxylic acids is 1. The number of rotatable bonds is 5. The highest BCUT2D eigenvalue weighted by atomic mass is 32.1. The molecule has 0 saturated carbocycles. The summed E-state index contributed by atoms with van der Waals surface area (Å²) < 4.78 is 6.71. The second kappa shape index (κ2) is 8.05. The lowest BCUT2D eigenvalue weighted by Crippen LogP contribution is -2.19. The summed E-state index contributed by atoms with van der Waals surface area (Å²) in [5, 5.41) is 3.43. The van der Waals surface area contributed by atoms with Crippen molar-refractivity contribution < 1.29 is 9.53 Å². The van der Waals surface area contributed by atoms with Gasteiger partial charge in [-0.3, -0.25) is 10.1 Å². The van der Waals surface area contributed by atoms with E-state index >= 15 is 0 Å². The number of aryl methyl sites for hydroxylation is 3. The van der Waals surface area contributed by atoms with Crippen molar-refractivity contribution in [2.24, 2.45) is 0 Å². The number of hydrogen-bond donors (Lipinski definition) is 1. The average Bonchev–Trinajstić information content (AvgIpc) is 3.10. The van der Waals surface area contributed by atoms with Gasteiger partial charge in [-0.2, -0.15) is 0 Å². The lowest BCUT2D eigenvalue weighted by molar-refractivity contribution is -0.118. The number of nitrogens with zero attached hydrogens (tertiary/aromatic N) is 1. The van der Waals surface area contributed by atoms with Crippen molar-refractivity contribution in [2.45, 2.75) is 20.8 Å². The van der Waals surface area contributed by atoms with Gasteiger partial charge in [0.2, 0.25) is 0 Å². The highest BCUT2D eigenvalue weighted by molar-refractivity contribution is 7.22. The maximum atomic E-state index is 12.3. The Kier molecular flexibility index (Phi) is 5.32. The fourth-order valence-corrected chi connectivity index (χ4v) is 4.28. The molecule has 0 aliphatic rings. The number of thiazole rings is 1. The standard InChI is InChI=1S/C24H22N2O2S/c1-15-4-6-18(7-5-15)19-8-10-20(11-9-19)28-14-22(27)25-24-26-23-17(3)12-16(2)13-21(23)29-24/h4-13H,14H2,1-3H3,(H,25,26,27). The van der Waals surface area contributed by atoms with Crippen molar-refractivity contribution in [1.82, 2.24) is 4.98 Å². The predicted octanol–water partition coefficient (Wildman–Crippen LogP) is 5.91. The summed E-state index contributed by atoms with van der Waals surface area (Å²) in [5.41, 5.74) is 6.74. The first kappa shape index (κ1) is 19.2. The van der Waals surface area contributed by atoms with Gasteiger partial charge in [-0.05, 0) is 61.2 Å². The zero-order valence-electron chi connectivity index (χ0n) is 16.7. The van der Waals surface area contributed by atoms with Crippen molar-refractivity contribution in [1.29, 1.82) is 0 Å². The van der Waals surface area contributed by atoms with Crippen molar-refractivity contribution in [3.63, 3.8) is 0 Å². The monoisotopic (exact) mass is 402 g/mol. The molecule has 4 nitrogen and oxygen atoms in total. The van der Waals surface area contributed by atoms with E-state index in [0.29, 0.717) is 10.9 Å². The van der Waals surface area contributed by atoms with E-state index in [1.807, 2.05) is 31.2 Å². The average molecular weight is 403 g/mol. The highest BCUT2D eigenvalue weighted by Crippen LogP contribution is 2.29. The molecule has 146 valence electrons. The molecule has 4 rings (SSSR count). The summed E-state index contributed by atoms with van der Waals surface area (Å²) in [6, 6.07) is 20.3. The molecule has 0 unspecified atom stereocenters. The van der Waals surface area contributed by atoms with Crippen LogP contribution in [0.5, 0.6) is 5.75 Å². The van der Waals surface area contributed by atoms with E-state index in [9.17, 15) is 4.79 Å². The van der Waals surface area contributed by atoms with Crippen LogP contribution in [0.1, 0.15) is 16.7 Å². The zero-order valence-corrected chi connectivity index (χ0v) is 17.5. The van der Waals surface area contributed by atoms with Crippen LogP contribution < -0.4 is 10.1 Å². The van der Waals surface area contributed by atoms with E-state index in [4.69, 9.17) is 4.74 Å². The lowest BCUT2D eigenvalue weighted by atomic mass is 10.0. The van der Waals surface area contributed by atoms with E-state index in [-0.39, 0.29) is 12.5 Å². The van der Waals surface area contributed by atoms with Gasteiger partial charge in [0, 0.05) is 0 Å². The zero-order chi connectivity index (χ0) is 20.4. The summed E-state index contributed by atoms with van der Waals surface area (Å²) in [7, 11) is 0. The van der Waals surface area contributed by atoms with Gasteiger partial charge in [-0.1, -0.05) is 59.4 Å². The SMILES string of the molecule is Cc1ccc(-c2ccc(OCC(=O)Nc3nc4c(C)cc(C)cc4s3)cc2)cc1. The molecule has 3 aromatic carbocycles. The number of benzene rings is 3. The van der Waals surface area contributed by atoms with Gasteiger partial charge in [-0.15, -0.1) is 0 Å². The van der Waals surface area contributed by atoms with E-state index in [1.165, 1.54) is 22.5 Å². The molecule has 1 amide bonds. The molecule has 29 heavy (non-hydrogen) atoms. The predicted molar refractivity (Wildman–Crippen MR) is 120 cm³/mol. The molecule has 0 aliphatic heterocycles. The molecule has 0 saturated heterocycles. The van der Waals surface area contributed by atoms with Crippen molar-refractivity contribution >= 4 is 32.6 Å². The van der Waals surface area contributed by atoms with Crippen molar-refractivity contribution in [3.8, 4) is 16.9 Å². The van der Waals surface area contributed by atoms with Crippen LogP contribution in [0, 0.1) is 20.8 Å². The molecule has 5 heteroatoms. The highest BCUT2D eigenvalue weighted by Gasteiger charge is 2.10. The summed E-state index contributed by atoms with van der Waals surface area (Å²) in [6.45, 7) is 6.10. The molecule has 1 N–H and O–H groups in total. The molecule has 0 aliphatic carbocycles. The first-order chi connectivity index (χ1) is 14.0. The van der Waals surface area contributed by atoms with Crippen LogP contribution in [0.2, 0.25) is 0 Å². The Morgan fingerprint density at radius 2 is 1.59 bits per heavy atom. The van der Waals surface area contributed by atoms with Crippen molar-refractivity contribution in [2.75, 3.05) is 11.9 Å². The van der Waals surface area contributed by atoms with Crippen molar-refractivity contribution in [3.05, 3.63) is 77.4 Å². The quantitative estimate of drug-likeness (QED) is 0.452.